The van der Waals surface area contributed by atoms with Crippen molar-refractivity contribution in [3.05, 3.63) is 34.9 Å². The van der Waals surface area contributed by atoms with Crippen LogP contribution < -0.4 is 0 Å². The molecular formula is C18H24N2O4. The van der Waals surface area contributed by atoms with Gasteiger partial charge in [-0.15, -0.1) is 0 Å². The van der Waals surface area contributed by atoms with E-state index in [0.717, 1.165) is 11.1 Å². The lowest BCUT2D eigenvalue weighted by Crippen LogP contribution is -2.52. The van der Waals surface area contributed by atoms with Crippen LogP contribution >= 0.6 is 0 Å². The third-order valence-corrected chi connectivity index (χ3v) is 4.28. The highest BCUT2D eigenvalue weighted by molar-refractivity contribution is 5.93. The molecule has 0 aromatic heterocycles. The molecule has 1 fully saturated rings. The number of hydrogen-bond donors (Lipinski definition) is 0. The molecule has 1 atom stereocenters. The van der Waals surface area contributed by atoms with E-state index < -0.39 is 12.1 Å². The summed E-state index contributed by atoms with van der Waals surface area (Å²) in [6.45, 7) is 8.79. The molecular weight excluding hydrogens is 308 g/mol. The lowest BCUT2D eigenvalue weighted by molar-refractivity contribution is -0.144. The fourth-order valence-corrected chi connectivity index (χ4v) is 2.73. The second-order valence-electron chi connectivity index (χ2n) is 6.20. The first-order valence-electron chi connectivity index (χ1n) is 8.12. The van der Waals surface area contributed by atoms with Gasteiger partial charge in [0, 0.05) is 33.1 Å². The summed E-state index contributed by atoms with van der Waals surface area (Å²) in [5.74, 6) is -0.701. The highest BCUT2D eigenvalue weighted by Crippen LogP contribution is 2.14. The Morgan fingerprint density at radius 1 is 1.04 bits per heavy atom. The summed E-state index contributed by atoms with van der Waals surface area (Å²) < 4.78 is 5.35. The number of aryl methyl sites for hydroxylation is 2. The first-order valence-corrected chi connectivity index (χ1v) is 8.12. The molecule has 2 rings (SSSR count). The van der Waals surface area contributed by atoms with Gasteiger partial charge in [0.25, 0.3) is 5.91 Å². The van der Waals surface area contributed by atoms with Gasteiger partial charge in [0.05, 0.1) is 5.56 Å². The fourth-order valence-electron chi connectivity index (χ4n) is 2.73. The van der Waals surface area contributed by atoms with Gasteiger partial charge in [0.2, 0.25) is 5.91 Å². The summed E-state index contributed by atoms with van der Waals surface area (Å²) in [6, 6.07) is 5.55. The van der Waals surface area contributed by atoms with Crippen LogP contribution in [-0.4, -0.2) is 59.9 Å². The average Bonchev–Trinajstić information content (AvgIpc) is 2.56. The Kier molecular flexibility index (Phi) is 5.59. The average molecular weight is 332 g/mol. The minimum atomic E-state index is -0.846. The van der Waals surface area contributed by atoms with Crippen LogP contribution in [0.3, 0.4) is 0 Å². The Balaban J connectivity index is 1.95. The molecule has 1 aliphatic rings. The Bertz CT molecular complexity index is 648. The van der Waals surface area contributed by atoms with E-state index >= 15 is 0 Å². The first-order chi connectivity index (χ1) is 11.3. The molecule has 6 heteroatoms. The number of rotatable bonds is 3. The summed E-state index contributed by atoms with van der Waals surface area (Å²) in [5, 5.41) is 0. The summed E-state index contributed by atoms with van der Waals surface area (Å²) >= 11 is 0. The summed E-state index contributed by atoms with van der Waals surface area (Å²) in [6.07, 6.45) is -0.846. The van der Waals surface area contributed by atoms with Crippen molar-refractivity contribution >= 4 is 17.8 Å². The SMILES string of the molecule is CC(=O)N1CCN(C(=O)C(C)OC(=O)c2cc(C)ccc2C)CC1. The van der Waals surface area contributed by atoms with Gasteiger partial charge in [-0.1, -0.05) is 17.7 Å². The highest BCUT2D eigenvalue weighted by atomic mass is 16.5. The van der Waals surface area contributed by atoms with Gasteiger partial charge in [-0.2, -0.15) is 0 Å². The van der Waals surface area contributed by atoms with Gasteiger partial charge in [-0.3, -0.25) is 9.59 Å². The van der Waals surface area contributed by atoms with E-state index in [0.29, 0.717) is 31.7 Å². The van der Waals surface area contributed by atoms with Gasteiger partial charge >= 0.3 is 5.97 Å². The maximum Gasteiger partial charge on any atom is 0.339 e. The largest absolute Gasteiger partial charge is 0.449 e. The van der Waals surface area contributed by atoms with Crippen molar-refractivity contribution in [1.29, 1.82) is 0 Å². The zero-order valence-corrected chi connectivity index (χ0v) is 14.7. The van der Waals surface area contributed by atoms with E-state index in [1.807, 2.05) is 26.0 Å². The fraction of sp³-hybridized carbons (Fsp3) is 0.500. The van der Waals surface area contributed by atoms with E-state index in [1.54, 1.807) is 22.8 Å². The summed E-state index contributed by atoms with van der Waals surface area (Å²) in [5.41, 5.74) is 2.27. The molecule has 1 aromatic carbocycles. The molecule has 1 heterocycles. The van der Waals surface area contributed by atoms with Gasteiger partial charge in [-0.25, -0.2) is 4.79 Å². The Labute approximate surface area is 142 Å². The molecule has 1 aromatic rings. The zero-order valence-electron chi connectivity index (χ0n) is 14.7. The van der Waals surface area contributed by atoms with Crippen LogP contribution in [-0.2, 0) is 14.3 Å². The van der Waals surface area contributed by atoms with E-state index in [9.17, 15) is 14.4 Å². The van der Waals surface area contributed by atoms with Crippen molar-refractivity contribution in [2.24, 2.45) is 0 Å². The number of nitrogens with zero attached hydrogens (tertiary/aromatic N) is 2. The molecule has 24 heavy (non-hydrogen) atoms. The van der Waals surface area contributed by atoms with Crippen LogP contribution in [0.25, 0.3) is 0 Å². The third-order valence-electron chi connectivity index (χ3n) is 4.28. The van der Waals surface area contributed by atoms with Crippen LogP contribution in [0.15, 0.2) is 18.2 Å². The van der Waals surface area contributed by atoms with Crippen LogP contribution in [0.1, 0.15) is 35.3 Å². The number of hydrogen-bond acceptors (Lipinski definition) is 4. The predicted octanol–water partition coefficient (Wildman–Crippen LogP) is 1.54. The molecule has 0 N–H and O–H groups in total. The topological polar surface area (TPSA) is 66.9 Å². The van der Waals surface area contributed by atoms with Crippen molar-refractivity contribution in [1.82, 2.24) is 9.80 Å². The van der Waals surface area contributed by atoms with Gasteiger partial charge in [0.15, 0.2) is 6.10 Å². The molecule has 1 unspecified atom stereocenters. The first kappa shape index (κ1) is 18.0. The molecule has 130 valence electrons. The molecule has 0 saturated carbocycles. The van der Waals surface area contributed by atoms with Gasteiger partial charge < -0.3 is 14.5 Å². The number of benzene rings is 1. The van der Waals surface area contributed by atoms with E-state index in [-0.39, 0.29) is 11.8 Å². The van der Waals surface area contributed by atoms with Crippen molar-refractivity contribution in [3.63, 3.8) is 0 Å². The Hall–Kier alpha value is -2.37. The van der Waals surface area contributed by atoms with Gasteiger partial charge in [-0.05, 0) is 32.4 Å². The molecule has 1 aliphatic heterocycles. The van der Waals surface area contributed by atoms with Crippen molar-refractivity contribution in [2.45, 2.75) is 33.8 Å². The molecule has 6 nitrogen and oxygen atoms in total. The van der Waals surface area contributed by atoms with Crippen LogP contribution in [0.4, 0.5) is 0 Å². The van der Waals surface area contributed by atoms with E-state index in [4.69, 9.17) is 4.74 Å². The smallest absolute Gasteiger partial charge is 0.339 e. The number of amides is 2. The van der Waals surface area contributed by atoms with Crippen LogP contribution in [0.5, 0.6) is 0 Å². The lowest BCUT2D eigenvalue weighted by atomic mass is 10.1. The molecule has 0 bridgehead atoms. The maximum atomic E-state index is 12.4. The quantitative estimate of drug-likeness (QED) is 0.788. The monoisotopic (exact) mass is 332 g/mol. The third kappa shape index (κ3) is 4.13. The second-order valence-corrected chi connectivity index (χ2v) is 6.20. The highest BCUT2D eigenvalue weighted by Gasteiger charge is 2.28. The number of ether oxygens (including phenoxy) is 1. The number of piperazine rings is 1. The normalized spacial score (nSPS) is 15.8. The van der Waals surface area contributed by atoms with Crippen molar-refractivity contribution in [3.8, 4) is 0 Å². The summed E-state index contributed by atoms with van der Waals surface area (Å²) in [7, 11) is 0. The molecule has 0 spiro atoms. The van der Waals surface area contributed by atoms with Crippen molar-refractivity contribution < 1.29 is 19.1 Å². The minimum Gasteiger partial charge on any atom is -0.449 e. The summed E-state index contributed by atoms with van der Waals surface area (Å²) in [4.78, 5) is 39.4. The second kappa shape index (κ2) is 7.47. The van der Waals surface area contributed by atoms with E-state index in [2.05, 4.69) is 0 Å². The molecule has 0 radical (unpaired) electrons. The molecule has 2 amide bonds. The predicted molar refractivity (Wildman–Crippen MR) is 89.6 cm³/mol. The van der Waals surface area contributed by atoms with Crippen molar-refractivity contribution in [2.75, 3.05) is 26.2 Å². The Morgan fingerprint density at radius 2 is 1.62 bits per heavy atom. The number of esters is 1. The Morgan fingerprint density at radius 3 is 2.21 bits per heavy atom. The van der Waals surface area contributed by atoms with Crippen LogP contribution in [0, 0.1) is 13.8 Å². The maximum absolute atomic E-state index is 12.4. The van der Waals surface area contributed by atoms with E-state index in [1.165, 1.54) is 6.92 Å². The number of carbonyl (C=O) groups excluding carboxylic acids is 3. The zero-order chi connectivity index (χ0) is 17.9. The minimum absolute atomic E-state index is 0.0106. The number of carbonyl (C=O) groups is 3. The standard InChI is InChI=1S/C18H24N2O4/c1-12-5-6-13(2)16(11-12)18(23)24-14(3)17(22)20-9-7-19(8-10-20)15(4)21/h5-6,11,14H,7-10H2,1-4H3. The van der Waals surface area contributed by atoms with Crippen LogP contribution in [0.2, 0.25) is 0 Å². The molecule has 0 aliphatic carbocycles. The molecule has 1 saturated heterocycles. The van der Waals surface area contributed by atoms with Gasteiger partial charge in [0.1, 0.15) is 0 Å². The lowest BCUT2D eigenvalue weighted by Gasteiger charge is -2.35.